The molecule has 8 heteroatoms. The van der Waals surface area contributed by atoms with E-state index in [1.807, 2.05) is 117 Å². The van der Waals surface area contributed by atoms with Crippen LogP contribution in [0.4, 0.5) is 22.7 Å². The highest BCUT2D eigenvalue weighted by atomic mass is 16.2. The molecule has 7 rings (SSSR count). The summed E-state index contributed by atoms with van der Waals surface area (Å²) in [4.78, 5) is 35.4. The van der Waals surface area contributed by atoms with Crippen LogP contribution in [-0.2, 0) is 0 Å². The van der Waals surface area contributed by atoms with Crippen LogP contribution in [0.5, 0.6) is 0 Å². The van der Waals surface area contributed by atoms with Gasteiger partial charge in [-0.2, -0.15) is 0 Å². The summed E-state index contributed by atoms with van der Waals surface area (Å²) in [6.45, 7) is 4.06. The number of carbonyl (C=O) groups is 2. The lowest BCUT2D eigenvalue weighted by Gasteiger charge is -2.19. The molecule has 0 radical (unpaired) electrons. The molecule has 0 atom stereocenters. The summed E-state index contributed by atoms with van der Waals surface area (Å²) in [5.41, 5.74) is 23.0. The van der Waals surface area contributed by atoms with Crippen molar-refractivity contribution in [3.05, 3.63) is 179 Å². The fraction of sp³-hybridized carbons (Fsp3) is 0.0698. The molecule has 2 heterocycles. The first-order valence-electron chi connectivity index (χ1n) is 16.7. The molecule has 0 spiro atoms. The van der Waals surface area contributed by atoms with Gasteiger partial charge in [0.05, 0.1) is 28.7 Å². The van der Waals surface area contributed by atoms with E-state index >= 15 is 0 Å². The molecule has 2 aromatic heterocycles. The number of amides is 2. The fourth-order valence-corrected chi connectivity index (χ4v) is 6.79. The summed E-state index contributed by atoms with van der Waals surface area (Å²) >= 11 is 0. The molecule has 0 fully saturated rings. The number of rotatable bonds is 9. The lowest BCUT2D eigenvalue weighted by molar-refractivity contribution is 0.101. The topological polar surface area (TPSA) is 142 Å². The van der Waals surface area contributed by atoms with Gasteiger partial charge in [-0.15, -0.1) is 0 Å². The van der Waals surface area contributed by atoms with E-state index in [2.05, 4.69) is 32.7 Å². The molecule has 0 aliphatic heterocycles. The number of hydrogen-bond acceptors (Lipinski definition) is 4. The first-order chi connectivity index (χ1) is 24.8. The van der Waals surface area contributed by atoms with Gasteiger partial charge in [0.15, 0.2) is 0 Å². The van der Waals surface area contributed by atoms with Gasteiger partial charge in [0.1, 0.15) is 11.4 Å². The zero-order chi connectivity index (χ0) is 35.5. The maximum absolute atomic E-state index is 14.2. The molecule has 7 aromatic rings. The number of aromatic nitrogens is 2. The van der Waals surface area contributed by atoms with E-state index in [1.54, 1.807) is 24.3 Å². The first kappa shape index (κ1) is 32.7. The third-order valence-corrected chi connectivity index (χ3v) is 9.28. The van der Waals surface area contributed by atoms with Gasteiger partial charge in [-0.05, 0) is 65.9 Å². The van der Waals surface area contributed by atoms with Crippen LogP contribution in [0.2, 0.25) is 0 Å². The Morgan fingerprint density at radius 3 is 1.25 bits per heavy atom. The molecule has 0 saturated heterocycles. The van der Waals surface area contributed by atoms with Crippen LogP contribution < -0.4 is 22.1 Å². The maximum atomic E-state index is 14.2. The molecule has 0 aliphatic rings. The number of aromatic amines is 2. The quantitative estimate of drug-likeness (QED) is 0.0852. The minimum absolute atomic E-state index is 0.318. The Hall–Kier alpha value is -6.80. The predicted molar refractivity (Wildman–Crippen MR) is 207 cm³/mol. The van der Waals surface area contributed by atoms with Crippen LogP contribution in [0.1, 0.15) is 55.0 Å². The summed E-state index contributed by atoms with van der Waals surface area (Å²) in [7, 11) is 0. The van der Waals surface area contributed by atoms with Gasteiger partial charge in [0.2, 0.25) is 0 Å². The molecule has 8 nitrogen and oxygen atoms in total. The standard InChI is InChI=1S/C43H38N6O2/c1-26-35(28-16-6-3-7-17-28)40(42(50)46-33-24-14-12-22-31(33)44)48-38(26)37(30-20-10-5-11-21-30)39-27(2)36(29-18-8-4-9-19-29)41(49-39)43(51)47-34-25-15-13-23-32(34)45/h3-25,37,48-49H,44-45H2,1-2H3,(H,46,50)(H,47,51). The summed E-state index contributed by atoms with van der Waals surface area (Å²) < 4.78 is 0. The van der Waals surface area contributed by atoms with E-state index in [0.717, 1.165) is 50.3 Å². The van der Waals surface area contributed by atoms with Crippen LogP contribution in [0.15, 0.2) is 140 Å². The normalized spacial score (nSPS) is 11.0. The second-order valence-corrected chi connectivity index (χ2v) is 12.5. The molecule has 0 unspecified atom stereocenters. The fourth-order valence-electron chi connectivity index (χ4n) is 6.79. The van der Waals surface area contributed by atoms with Crippen LogP contribution >= 0.6 is 0 Å². The highest BCUT2D eigenvalue weighted by molar-refractivity contribution is 6.10. The van der Waals surface area contributed by atoms with Gasteiger partial charge in [0.25, 0.3) is 11.8 Å². The molecule has 51 heavy (non-hydrogen) atoms. The average Bonchev–Trinajstić information content (AvgIpc) is 3.68. The Kier molecular flexibility index (Phi) is 8.97. The van der Waals surface area contributed by atoms with Gasteiger partial charge in [-0.1, -0.05) is 115 Å². The number of nitrogens with two attached hydrogens (primary N) is 2. The molecule has 0 aliphatic carbocycles. The van der Waals surface area contributed by atoms with Crippen molar-refractivity contribution in [2.24, 2.45) is 0 Å². The number of anilines is 4. The molecular weight excluding hydrogens is 633 g/mol. The highest BCUT2D eigenvalue weighted by Gasteiger charge is 2.32. The van der Waals surface area contributed by atoms with Gasteiger partial charge >= 0.3 is 0 Å². The number of H-pyrrole nitrogens is 2. The van der Waals surface area contributed by atoms with Crippen molar-refractivity contribution in [1.82, 2.24) is 9.97 Å². The molecule has 2 amide bonds. The number of para-hydroxylation sites is 4. The minimum Gasteiger partial charge on any atom is -0.397 e. The number of nitrogen functional groups attached to an aromatic ring is 2. The molecule has 8 N–H and O–H groups in total. The van der Waals surface area contributed by atoms with Gasteiger partial charge in [0, 0.05) is 22.5 Å². The summed E-state index contributed by atoms with van der Waals surface area (Å²) in [5, 5.41) is 6.04. The van der Waals surface area contributed by atoms with Gasteiger partial charge in [-0.3, -0.25) is 9.59 Å². The Balaban J connectivity index is 1.44. The Labute approximate surface area is 296 Å². The Bertz CT molecular complexity index is 2200. The maximum Gasteiger partial charge on any atom is 0.272 e. The van der Waals surface area contributed by atoms with Gasteiger partial charge in [-0.25, -0.2) is 0 Å². The SMILES string of the molecule is Cc1c(C(c2ccccc2)c2[nH]c(C(=O)Nc3ccccc3N)c(-c3ccccc3)c2C)[nH]c(C(=O)Nc2ccccc2N)c1-c1ccccc1. The van der Waals surface area contributed by atoms with Crippen molar-refractivity contribution in [3.8, 4) is 22.3 Å². The third-order valence-electron chi connectivity index (χ3n) is 9.28. The van der Waals surface area contributed by atoms with Crippen LogP contribution in [0.3, 0.4) is 0 Å². The van der Waals surface area contributed by atoms with E-state index in [4.69, 9.17) is 11.5 Å². The first-order valence-corrected chi connectivity index (χ1v) is 16.7. The van der Waals surface area contributed by atoms with Crippen LogP contribution in [0, 0.1) is 13.8 Å². The molecule has 252 valence electrons. The smallest absolute Gasteiger partial charge is 0.272 e. The second-order valence-electron chi connectivity index (χ2n) is 12.5. The summed E-state index contributed by atoms with van der Waals surface area (Å²) in [5.74, 6) is -1.05. The lowest BCUT2D eigenvalue weighted by Crippen LogP contribution is -2.15. The van der Waals surface area contributed by atoms with E-state index < -0.39 is 5.92 Å². The number of hydrogen-bond donors (Lipinski definition) is 6. The molecule has 0 saturated carbocycles. The average molecular weight is 671 g/mol. The van der Waals surface area contributed by atoms with Crippen molar-refractivity contribution in [2.75, 3.05) is 22.1 Å². The van der Waals surface area contributed by atoms with Crippen LogP contribution in [-0.4, -0.2) is 21.8 Å². The molecule has 0 bridgehead atoms. The van der Waals surface area contributed by atoms with Gasteiger partial charge < -0.3 is 32.1 Å². The Morgan fingerprint density at radius 2 is 0.863 bits per heavy atom. The largest absolute Gasteiger partial charge is 0.397 e. The summed E-state index contributed by atoms with van der Waals surface area (Å²) in [6, 6.07) is 44.2. The van der Waals surface area contributed by atoms with E-state index in [9.17, 15) is 9.59 Å². The number of benzene rings is 5. The third kappa shape index (κ3) is 6.38. The monoisotopic (exact) mass is 670 g/mol. The minimum atomic E-state index is -0.414. The number of carbonyl (C=O) groups excluding carboxylic acids is 2. The summed E-state index contributed by atoms with van der Waals surface area (Å²) in [6.07, 6.45) is 0. The zero-order valence-corrected chi connectivity index (χ0v) is 28.3. The van der Waals surface area contributed by atoms with E-state index in [1.165, 1.54) is 0 Å². The zero-order valence-electron chi connectivity index (χ0n) is 28.3. The van der Waals surface area contributed by atoms with Crippen molar-refractivity contribution in [1.29, 1.82) is 0 Å². The van der Waals surface area contributed by atoms with Crippen molar-refractivity contribution >= 4 is 34.6 Å². The van der Waals surface area contributed by atoms with Crippen molar-refractivity contribution in [2.45, 2.75) is 19.8 Å². The molecular formula is C43H38N6O2. The Morgan fingerprint density at radius 1 is 0.510 bits per heavy atom. The predicted octanol–water partition coefficient (Wildman–Crippen LogP) is 9.14. The lowest BCUT2D eigenvalue weighted by atomic mass is 9.86. The van der Waals surface area contributed by atoms with Crippen LogP contribution in [0.25, 0.3) is 22.3 Å². The highest BCUT2D eigenvalue weighted by Crippen LogP contribution is 2.43. The van der Waals surface area contributed by atoms with Crippen molar-refractivity contribution in [3.63, 3.8) is 0 Å². The second kappa shape index (κ2) is 14.0. The molecule has 5 aromatic carbocycles. The van der Waals surface area contributed by atoms with E-state index in [-0.39, 0.29) is 11.8 Å². The van der Waals surface area contributed by atoms with Crippen molar-refractivity contribution < 1.29 is 9.59 Å². The van der Waals surface area contributed by atoms with E-state index in [0.29, 0.717) is 34.1 Å². The number of nitrogens with one attached hydrogen (secondary N) is 4.